The number of hydrogen-bond donors (Lipinski definition) is 1. The lowest BCUT2D eigenvalue weighted by Crippen LogP contribution is -2.13. The number of benzene rings is 1. The minimum Gasteiger partial charge on any atom is -0.340 e. The highest BCUT2D eigenvalue weighted by Crippen LogP contribution is 2.32. The molecule has 1 unspecified atom stereocenters. The standard InChI is InChI=1S/C16H14BrN3/c17-13-8-14-16(18-9-13)20-15(19-14)12-6-5-10-3-1-2-4-11(10)7-12/h1-4,8-9,12H,5-7H2,(H,18,19,20). The fourth-order valence-corrected chi connectivity index (χ4v) is 3.35. The average molecular weight is 328 g/mol. The molecular formula is C16H14BrN3. The number of hydrogen-bond acceptors (Lipinski definition) is 2. The maximum Gasteiger partial charge on any atom is 0.177 e. The largest absolute Gasteiger partial charge is 0.340 e. The third-order valence-electron chi connectivity index (χ3n) is 4.06. The molecular weight excluding hydrogens is 314 g/mol. The van der Waals surface area contributed by atoms with Crippen LogP contribution in [0.5, 0.6) is 0 Å². The number of halogens is 1. The van der Waals surface area contributed by atoms with Crippen LogP contribution in [-0.4, -0.2) is 15.0 Å². The summed E-state index contributed by atoms with van der Waals surface area (Å²) in [6, 6.07) is 10.8. The Morgan fingerprint density at radius 2 is 2.05 bits per heavy atom. The Morgan fingerprint density at radius 3 is 2.95 bits per heavy atom. The van der Waals surface area contributed by atoms with Gasteiger partial charge in [0.2, 0.25) is 0 Å². The van der Waals surface area contributed by atoms with Gasteiger partial charge in [-0.1, -0.05) is 24.3 Å². The molecule has 0 saturated heterocycles. The second-order valence-electron chi connectivity index (χ2n) is 5.36. The van der Waals surface area contributed by atoms with E-state index in [1.807, 2.05) is 6.07 Å². The first-order valence-electron chi connectivity index (χ1n) is 6.87. The predicted octanol–water partition coefficient (Wildman–Crippen LogP) is 3.99. The van der Waals surface area contributed by atoms with Crippen molar-refractivity contribution in [2.24, 2.45) is 0 Å². The molecule has 20 heavy (non-hydrogen) atoms. The minimum absolute atomic E-state index is 0.470. The molecule has 0 saturated carbocycles. The first-order chi connectivity index (χ1) is 9.79. The molecule has 2 heterocycles. The highest BCUT2D eigenvalue weighted by Gasteiger charge is 2.22. The molecule has 1 N–H and O–H groups in total. The van der Waals surface area contributed by atoms with Gasteiger partial charge in [0.05, 0.1) is 5.52 Å². The lowest BCUT2D eigenvalue weighted by Gasteiger charge is -2.22. The van der Waals surface area contributed by atoms with Crippen LogP contribution < -0.4 is 0 Å². The molecule has 3 nitrogen and oxygen atoms in total. The SMILES string of the molecule is Brc1cnc2nc(C3CCc4ccccc4C3)[nH]c2c1. The zero-order chi connectivity index (χ0) is 13.5. The quantitative estimate of drug-likeness (QED) is 0.734. The summed E-state index contributed by atoms with van der Waals surface area (Å²) < 4.78 is 0.981. The average Bonchev–Trinajstić information content (AvgIpc) is 2.89. The van der Waals surface area contributed by atoms with Crippen molar-refractivity contribution >= 4 is 27.1 Å². The van der Waals surface area contributed by atoms with E-state index in [1.165, 1.54) is 11.1 Å². The lowest BCUT2D eigenvalue weighted by molar-refractivity contribution is 0.561. The molecule has 0 spiro atoms. The number of nitrogens with zero attached hydrogens (tertiary/aromatic N) is 2. The topological polar surface area (TPSA) is 41.6 Å². The van der Waals surface area contributed by atoms with Gasteiger partial charge in [-0.25, -0.2) is 9.97 Å². The molecule has 0 radical (unpaired) electrons. The van der Waals surface area contributed by atoms with Gasteiger partial charge in [-0.05, 0) is 52.4 Å². The van der Waals surface area contributed by atoms with Crippen molar-refractivity contribution in [1.82, 2.24) is 15.0 Å². The molecule has 0 bridgehead atoms. The summed E-state index contributed by atoms with van der Waals surface area (Å²) in [7, 11) is 0. The summed E-state index contributed by atoms with van der Waals surface area (Å²) in [6.07, 6.45) is 5.15. The molecule has 4 heteroatoms. The Morgan fingerprint density at radius 1 is 1.20 bits per heavy atom. The molecule has 0 aliphatic heterocycles. The van der Waals surface area contributed by atoms with Crippen LogP contribution in [0.25, 0.3) is 11.2 Å². The zero-order valence-electron chi connectivity index (χ0n) is 10.9. The summed E-state index contributed by atoms with van der Waals surface area (Å²) in [5.41, 5.74) is 4.76. The number of imidazole rings is 1. The van der Waals surface area contributed by atoms with Gasteiger partial charge in [-0.2, -0.15) is 0 Å². The van der Waals surface area contributed by atoms with Gasteiger partial charge < -0.3 is 4.98 Å². The molecule has 2 aromatic heterocycles. The molecule has 3 aromatic rings. The van der Waals surface area contributed by atoms with E-state index in [1.54, 1.807) is 6.20 Å². The second kappa shape index (κ2) is 4.70. The number of H-pyrrole nitrogens is 1. The molecule has 0 fully saturated rings. The molecule has 1 aliphatic rings. The number of pyridine rings is 1. The number of aryl methyl sites for hydroxylation is 1. The van der Waals surface area contributed by atoms with Crippen molar-refractivity contribution < 1.29 is 0 Å². The zero-order valence-corrected chi connectivity index (χ0v) is 12.5. The van der Waals surface area contributed by atoms with E-state index in [9.17, 15) is 0 Å². The monoisotopic (exact) mass is 327 g/mol. The number of rotatable bonds is 1. The van der Waals surface area contributed by atoms with E-state index in [0.29, 0.717) is 5.92 Å². The third-order valence-corrected chi connectivity index (χ3v) is 4.49. The van der Waals surface area contributed by atoms with E-state index in [2.05, 4.69) is 55.1 Å². The highest BCUT2D eigenvalue weighted by molar-refractivity contribution is 9.10. The molecule has 4 rings (SSSR count). The van der Waals surface area contributed by atoms with Gasteiger partial charge in [0.25, 0.3) is 0 Å². The van der Waals surface area contributed by atoms with Crippen LogP contribution in [0, 0.1) is 0 Å². The Labute approximate surface area is 125 Å². The van der Waals surface area contributed by atoms with Crippen LogP contribution in [0.1, 0.15) is 29.3 Å². The maximum atomic E-state index is 4.66. The first-order valence-corrected chi connectivity index (χ1v) is 7.67. The van der Waals surface area contributed by atoms with Crippen LogP contribution in [0.2, 0.25) is 0 Å². The number of nitrogens with one attached hydrogen (secondary N) is 1. The summed E-state index contributed by atoms with van der Waals surface area (Å²) in [5, 5.41) is 0. The van der Waals surface area contributed by atoms with Gasteiger partial charge in [0.1, 0.15) is 5.82 Å². The fourth-order valence-electron chi connectivity index (χ4n) is 3.02. The van der Waals surface area contributed by atoms with Crippen LogP contribution in [0.3, 0.4) is 0 Å². The van der Waals surface area contributed by atoms with Gasteiger partial charge in [-0.15, -0.1) is 0 Å². The van der Waals surface area contributed by atoms with Crippen LogP contribution in [0.15, 0.2) is 41.0 Å². The lowest BCUT2D eigenvalue weighted by atomic mass is 9.83. The van der Waals surface area contributed by atoms with E-state index < -0.39 is 0 Å². The van der Waals surface area contributed by atoms with Gasteiger partial charge in [0, 0.05) is 16.6 Å². The Hall–Kier alpha value is -1.68. The molecule has 1 aromatic carbocycles. The van der Waals surface area contributed by atoms with Crippen molar-refractivity contribution in [1.29, 1.82) is 0 Å². The van der Waals surface area contributed by atoms with E-state index in [4.69, 9.17) is 0 Å². The smallest absolute Gasteiger partial charge is 0.177 e. The minimum atomic E-state index is 0.470. The van der Waals surface area contributed by atoms with E-state index in [-0.39, 0.29) is 0 Å². The van der Waals surface area contributed by atoms with Crippen molar-refractivity contribution in [3.05, 3.63) is 58.0 Å². The summed E-state index contributed by atoms with van der Waals surface area (Å²) in [5.74, 6) is 1.54. The van der Waals surface area contributed by atoms with Crippen molar-refractivity contribution in [2.75, 3.05) is 0 Å². The third kappa shape index (κ3) is 2.04. The number of fused-ring (bicyclic) bond motifs is 2. The van der Waals surface area contributed by atoms with Crippen molar-refractivity contribution in [3.63, 3.8) is 0 Å². The Kier molecular flexibility index (Phi) is 2.84. The van der Waals surface area contributed by atoms with E-state index >= 15 is 0 Å². The Bertz CT molecular complexity index is 778. The van der Waals surface area contributed by atoms with Crippen molar-refractivity contribution in [3.8, 4) is 0 Å². The van der Waals surface area contributed by atoms with E-state index in [0.717, 1.165) is 40.7 Å². The normalized spacial score (nSPS) is 18.1. The fraction of sp³-hybridized carbons (Fsp3) is 0.250. The molecule has 0 amide bonds. The Balaban J connectivity index is 1.70. The van der Waals surface area contributed by atoms with Gasteiger partial charge in [0.15, 0.2) is 5.65 Å². The summed E-state index contributed by atoms with van der Waals surface area (Å²) in [4.78, 5) is 12.4. The summed E-state index contributed by atoms with van der Waals surface area (Å²) in [6.45, 7) is 0. The van der Waals surface area contributed by atoms with Crippen molar-refractivity contribution in [2.45, 2.75) is 25.2 Å². The van der Waals surface area contributed by atoms with Gasteiger partial charge >= 0.3 is 0 Å². The highest BCUT2D eigenvalue weighted by atomic mass is 79.9. The number of aromatic nitrogens is 3. The van der Waals surface area contributed by atoms with Crippen LogP contribution >= 0.6 is 15.9 Å². The molecule has 1 atom stereocenters. The van der Waals surface area contributed by atoms with Crippen LogP contribution in [-0.2, 0) is 12.8 Å². The number of aromatic amines is 1. The predicted molar refractivity (Wildman–Crippen MR) is 82.8 cm³/mol. The second-order valence-corrected chi connectivity index (χ2v) is 6.27. The summed E-state index contributed by atoms with van der Waals surface area (Å²) >= 11 is 3.45. The molecule has 1 aliphatic carbocycles. The van der Waals surface area contributed by atoms with Gasteiger partial charge in [-0.3, -0.25) is 0 Å². The molecule has 100 valence electrons. The first kappa shape index (κ1) is 12.1. The maximum absolute atomic E-state index is 4.66. The van der Waals surface area contributed by atoms with Crippen LogP contribution in [0.4, 0.5) is 0 Å².